The molecular formula is C26H28N2O5. The number of rotatable bonds is 10. The van der Waals surface area contributed by atoms with E-state index < -0.39 is 6.04 Å². The lowest BCUT2D eigenvalue weighted by molar-refractivity contribution is -0.123. The molecule has 0 fully saturated rings. The highest BCUT2D eigenvalue weighted by molar-refractivity contribution is 5.97. The molecule has 2 amide bonds. The van der Waals surface area contributed by atoms with Gasteiger partial charge in [0.1, 0.15) is 6.04 Å². The molecule has 0 saturated carbocycles. The predicted molar refractivity (Wildman–Crippen MR) is 126 cm³/mol. The number of hydrogen-bond acceptors (Lipinski definition) is 5. The fourth-order valence-corrected chi connectivity index (χ4v) is 3.44. The largest absolute Gasteiger partial charge is 0.493 e. The number of amides is 2. The van der Waals surface area contributed by atoms with E-state index in [1.165, 1.54) is 21.3 Å². The lowest BCUT2D eigenvalue weighted by Gasteiger charge is -2.19. The normalized spacial score (nSPS) is 11.2. The Morgan fingerprint density at radius 2 is 1.36 bits per heavy atom. The Morgan fingerprint density at radius 1 is 0.788 bits per heavy atom. The van der Waals surface area contributed by atoms with E-state index in [4.69, 9.17) is 14.2 Å². The minimum absolute atomic E-state index is 0.224. The lowest BCUT2D eigenvalue weighted by Crippen LogP contribution is -2.47. The number of carbonyl (C=O) groups is 2. The first-order chi connectivity index (χ1) is 16.0. The summed E-state index contributed by atoms with van der Waals surface area (Å²) in [5, 5.41) is 5.77. The summed E-state index contributed by atoms with van der Waals surface area (Å²) >= 11 is 0. The molecule has 0 aromatic heterocycles. The highest BCUT2D eigenvalue weighted by Crippen LogP contribution is 2.38. The number of carbonyl (C=O) groups excluding carboxylic acids is 2. The van der Waals surface area contributed by atoms with E-state index in [1.807, 2.05) is 36.4 Å². The summed E-state index contributed by atoms with van der Waals surface area (Å²) in [5.41, 5.74) is 2.21. The number of hydrogen-bond donors (Lipinski definition) is 2. The second-order valence-corrected chi connectivity index (χ2v) is 7.33. The third-order valence-electron chi connectivity index (χ3n) is 5.13. The van der Waals surface area contributed by atoms with Crippen LogP contribution < -0.4 is 24.8 Å². The standard InChI is InChI=1S/C26H28N2O5/c1-31-22-15-19(16-23(32-2)24(22)33-3)17-27-26(30)21(14-18-10-6-4-7-11-18)28-25(29)20-12-8-5-9-13-20/h4-13,15-16,21H,14,17H2,1-3H3,(H,27,30)(H,28,29)/t21-/m0/s1. The summed E-state index contributed by atoms with van der Waals surface area (Å²) in [5.74, 6) is 0.877. The zero-order chi connectivity index (χ0) is 23.6. The van der Waals surface area contributed by atoms with Gasteiger partial charge in [0.25, 0.3) is 5.91 Å². The van der Waals surface area contributed by atoms with Crippen molar-refractivity contribution >= 4 is 11.8 Å². The molecule has 0 bridgehead atoms. The van der Waals surface area contributed by atoms with Crippen molar-refractivity contribution in [1.82, 2.24) is 10.6 Å². The summed E-state index contributed by atoms with van der Waals surface area (Å²) in [6.07, 6.45) is 0.362. The number of benzene rings is 3. The molecule has 0 aliphatic rings. The molecule has 3 rings (SSSR count). The minimum atomic E-state index is -0.748. The molecule has 33 heavy (non-hydrogen) atoms. The van der Waals surface area contributed by atoms with Gasteiger partial charge in [0.15, 0.2) is 11.5 Å². The average Bonchev–Trinajstić information content (AvgIpc) is 2.87. The Balaban J connectivity index is 1.76. The zero-order valence-corrected chi connectivity index (χ0v) is 19.0. The van der Waals surface area contributed by atoms with E-state index >= 15 is 0 Å². The maximum absolute atomic E-state index is 13.1. The van der Waals surface area contributed by atoms with Crippen LogP contribution in [0.15, 0.2) is 72.8 Å². The maximum atomic E-state index is 13.1. The fraction of sp³-hybridized carbons (Fsp3) is 0.231. The molecule has 1 atom stereocenters. The third-order valence-corrected chi connectivity index (χ3v) is 5.13. The maximum Gasteiger partial charge on any atom is 0.251 e. The molecule has 172 valence electrons. The van der Waals surface area contributed by atoms with Gasteiger partial charge in [0.2, 0.25) is 11.7 Å². The molecule has 7 heteroatoms. The van der Waals surface area contributed by atoms with Crippen LogP contribution in [0.25, 0.3) is 0 Å². The number of ether oxygens (including phenoxy) is 3. The van der Waals surface area contributed by atoms with Crippen LogP contribution in [0.4, 0.5) is 0 Å². The summed E-state index contributed by atoms with van der Waals surface area (Å²) in [6.45, 7) is 0.224. The van der Waals surface area contributed by atoms with Crippen LogP contribution in [-0.2, 0) is 17.8 Å². The molecule has 2 N–H and O–H groups in total. The third kappa shape index (κ3) is 6.26. The van der Waals surface area contributed by atoms with Gasteiger partial charge >= 0.3 is 0 Å². The molecule has 3 aromatic rings. The Hall–Kier alpha value is -4.00. The second kappa shape index (κ2) is 11.6. The molecule has 0 saturated heterocycles. The van der Waals surface area contributed by atoms with Gasteiger partial charge in [-0.05, 0) is 35.4 Å². The van der Waals surface area contributed by atoms with Crippen molar-refractivity contribution in [2.75, 3.05) is 21.3 Å². The first-order valence-corrected chi connectivity index (χ1v) is 10.5. The molecule has 0 heterocycles. The predicted octanol–water partition coefficient (Wildman–Crippen LogP) is 3.37. The number of methoxy groups -OCH3 is 3. The van der Waals surface area contributed by atoms with Crippen molar-refractivity contribution in [3.8, 4) is 17.2 Å². The first-order valence-electron chi connectivity index (χ1n) is 10.5. The van der Waals surface area contributed by atoms with Crippen LogP contribution >= 0.6 is 0 Å². The van der Waals surface area contributed by atoms with Crippen LogP contribution in [0.2, 0.25) is 0 Å². The van der Waals surface area contributed by atoms with Crippen molar-refractivity contribution in [3.05, 3.63) is 89.5 Å². The van der Waals surface area contributed by atoms with E-state index in [0.29, 0.717) is 29.2 Å². The van der Waals surface area contributed by atoms with E-state index in [0.717, 1.165) is 11.1 Å². The molecule has 0 aliphatic heterocycles. The highest BCUT2D eigenvalue weighted by atomic mass is 16.5. The van der Waals surface area contributed by atoms with Gasteiger partial charge < -0.3 is 24.8 Å². The second-order valence-electron chi connectivity index (χ2n) is 7.33. The van der Waals surface area contributed by atoms with Crippen LogP contribution in [0.3, 0.4) is 0 Å². The van der Waals surface area contributed by atoms with E-state index in [2.05, 4.69) is 10.6 Å². The first kappa shape index (κ1) is 23.7. The van der Waals surface area contributed by atoms with Gasteiger partial charge in [-0.25, -0.2) is 0 Å². The topological polar surface area (TPSA) is 85.9 Å². The molecular weight excluding hydrogens is 420 g/mol. The Labute approximate surface area is 193 Å². The summed E-state index contributed by atoms with van der Waals surface area (Å²) in [6, 6.07) is 21.2. The monoisotopic (exact) mass is 448 g/mol. The van der Waals surface area contributed by atoms with Crippen molar-refractivity contribution in [1.29, 1.82) is 0 Å². The average molecular weight is 449 g/mol. The fourth-order valence-electron chi connectivity index (χ4n) is 3.44. The summed E-state index contributed by atoms with van der Waals surface area (Å²) < 4.78 is 16.1. The van der Waals surface area contributed by atoms with Crippen molar-refractivity contribution in [3.63, 3.8) is 0 Å². The smallest absolute Gasteiger partial charge is 0.251 e. The zero-order valence-electron chi connectivity index (χ0n) is 19.0. The van der Waals surface area contributed by atoms with E-state index in [9.17, 15) is 9.59 Å². The van der Waals surface area contributed by atoms with E-state index in [1.54, 1.807) is 36.4 Å². The van der Waals surface area contributed by atoms with E-state index in [-0.39, 0.29) is 18.4 Å². The van der Waals surface area contributed by atoms with Gasteiger partial charge in [-0.15, -0.1) is 0 Å². The van der Waals surface area contributed by atoms with Crippen molar-refractivity contribution in [2.45, 2.75) is 19.0 Å². The quantitative estimate of drug-likeness (QED) is 0.497. The molecule has 0 unspecified atom stereocenters. The SMILES string of the molecule is COc1cc(CNC(=O)[C@H](Cc2ccccc2)NC(=O)c2ccccc2)cc(OC)c1OC. The molecule has 7 nitrogen and oxygen atoms in total. The van der Waals surface area contributed by atoms with Gasteiger partial charge in [-0.3, -0.25) is 9.59 Å². The Bertz CT molecular complexity index is 1050. The molecule has 3 aromatic carbocycles. The van der Waals surface area contributed by atoms with Crippen LogP contribution in [0, 0.1) is 0 Å². The minimum Gasteiger partial charge on any atom is -0.493 e. The number of nitrogens with one attached hydrogen (secondary N) is 2. The van der Waals surface area contributed by atoms with Crippen LogP contribution in [-0.4, -0.2) is 39.2 Å². The van der Waals surface area contributed by atoms with Crippen molar-refractivity contribution in [2.24, 2.45) is 0 Å². The van der Waals surface area contributed by atoms with Gasteiger partial charge in [-0.2, -0.15) is 0 Å². The van der Waals surface area contributed by atoms with Crippen molar-refractivity contribution < 1.29 is 23.8 Å². The van der Waals surface area contributed by atoms with Crippen LogP contribution in [0.5, 0.6) is 17.2 Å². The highest BCUT2D eigenvalue weighted by Gasteiger charge is 2.22. The lowest BCUT2D eigenvalue weighted by atomic mass is 10.0. The van der Waals surface area contributed by atoms with Gasteiger partial charge in [0.05, 0.1) is 21.3 Å². The molecule has 0 aliphatic carbocycles. The summed E-state index contributed by atoms with van der Waals surface area (Å²) in [4.78, 5) is 25.8. The Kier molecular flexibility index (Phi) is 8.30. The van der Waals surface area contributed by atoms with Gasteiger partial charge in [0, 0.05) is 18.5 Å². The Morgan fingerprint density at radius 3 is 1.91 bits per heavy atom. The molecule has 0 spiro atoms. The van der Waals surface area contributed by atoms with Gasteiger partial charge in [-0.1, -0.05) is 48.5 Å². The van der Waals surface area contributed by atoms with Crippen LogP contribution in [0.1, 0.15) is 21.5 Å². The molecule has 0 radical (unpaired) electrons. The summed E-state index contributed by atoms with van der Waals surface area (Å²) in [7, 11) is 4.61.